The van der Waals surface area contributed by atoms with E-state index < -0.39 is 0 Å². The van der Waals surface area contributed by atoms with Crippen molar-refractivity contribution in [3.05, 3.63) is 82.9 Å². The summed E-state index contributed by atoms with van der Waals surface area (Å²) in [4.78, 5) is 26.8. The van der Waals surface area contributed by atoms with E-state index in [1.165, 1.54) is 0 Å². The van der Waals surface area contributed by atoms with Crippen LogP contribution in [0.5, 0.6) is 34.5 Å². The number of hydrogen-bond donors (Lipinski definition) is 2. The minimum Gasteiger partial charge on any atom is -0.490 e. The fraction of sp³-hybridized carbons (Fsp3) is 0.350. The molecule has 266 valence electrons. The molecule has 0 aliphatic carbocycles. The van der Waals surface area contributed by atoms with Crippen molar-refractivity contribution in [2.24, 2.45) is 0 Å². The SMILES string of the molecule is CCOc1cc(C(=O)Nc2ccc(-c3ccc(NC(=O)c4cc(OCC)c(OCC)c(OCC)c4)c(C)c3)cc2C)cc(OCC)c1OCC. The molecule has 0 unspecified atom stereocenters. The van der Waals surface area contributed by atoms with Crippen LogP contribution in [-0.2, 0) is 0 Å². The molecule has 0 radical (unpaired) electrons. The standard InChI is InChI=1S/C40H48N2O8/c1-9-45-33-21-29(22-34(46-10-2)37(33)49-13-5)39(43)41-31-17-15-27(19-25(31)7)28-16-18-32(26(8)20-28)42-40(44)30-23-35(47-11-3)38(50-14-6)36(24-30)48-12-4/h15-24H,9-14H2,1-8H3,(H,41,43)(H,42,44). The zero-order valence-corrected chi connectivity index (χ0v) is 30.3. The molecule has 0 aromatic heterocycles. The molecule has 0 aliphatic rings. The van der Waals surface area contributed by atoms with Gasteiger partial charge in [0.2, 0.25) is 11.5 Å². The van der Waals surface area contributed by atoms with Crippen LogP contribution in [0.4, 0.5) is 11.4 Å². The normalized spacial score (nSPS) is 10.6. The summed E-state index contributed by atoms with van der Waals surface area (Å²) in [5.74, 6) is 2.20. The van der Waals surface area contributed by atoms with Crippen LogP contribution in [0.1, 0.15) is 73.4 Å². The molecule has 4 aromatic rings. The monoisotopic (exact) mass is 684 g/mol. The largest absolute Gasteiger partial charge is 0.490 e. The third-order valence-electron chi connectivity index (χ3n) is 7.63. The molecule has 50 heavy (non-hydrogen) atoms. The first-order valence-electron chi connectivity index (χ1n) is 17.1. The van der Waals surface area contributed by atoms with Gasteiger partial charge in [-0.15, -0.1) is 0 Å². The zero-order valence-electron chi connectivity index (χ0n) is 30.3. The zero-order chi connectivity index (χ0) is 36.2. The number of amides is 2. The molecular formula is C40H48N2O8. The fourth-order valence-electron chi connectivity index (χ4n) is 5.40. The van der Waals surface area contributed by atoms with E-state index >= 15 is 0 Å². The van der Waals surface area contributed by atoms with Crippen molar-refractivity contribution in [2.75, 3.05) is 50.3 Å². The van der Waals surface area contributed by atoms with Crippen molar-refractivity contribution in [3.8, 4) is 45.6 Å². The van der Waals surface area contributed by atoms with E-state index in [-0.39, 0.29) is 11.8 Å². The first-order valence-corrected chi connectivity index (χ1v) is 17.1. The molecule has 4 aromatic carbocycles. The Labute approximate surface area is 295 Å². The lowest BCUT2D eigenvalue weighted by Gasteiger charge is -2.18. The van der Waals surface area contributed by atoms with Crippen LogP contribution in [-0.4, -0.2) is 51.5 Å². The van der Waals surface area contributed by atoms with Gasteiger partial charge in [0.15, 0.2) is 23.0 Å². The molecule has 0 saturated carbocycles. The lowest BCUT2D eigenvalue weighted by Crippen LogP contribution is -2.14. The Kier molecular flexibility index (Phi) is 13.4. The quantitative estimate of drug-likeness (QED) is 0.113. The Hall–Kier alpha value is -5.38. The lowest BCUT2D eigenvalue weighted by molar-refractivity contribution is 0.101. The minimum absolute atomic E-state index is 0.295. The van der Waals surface area contributed by atoms with Gasteiger partial charge in [0, 0.05) is 22.5 Å². The molecule has 2 N–H and O–H groups in total. The second-order valence-corrected chi connectivity index (χ2v) is 11.2. The van der Waals surface area contributed by atoms with Crippen LogP contribution in [0, 0.1) is 13.8 Å². The van der Waals surface area contributed by atoms with E-state index in [0.717, 1.165) is 22.3 Å². The predicted octanol–water partition coefficient (Wildman–Crippen LogP) is 8.87. The van der Waals surface area contributed by atoms with Gasteiger partial charge in [0.05, 0.1) is 39.6 Å². The molecule has 0 fully saturated rings. The summed E-state index contributed by atoms with van der Waals surface area (Å²) in [5, 5.41) is 6.05. The maximum atomic E-state index is 13.4. The summed E-state index contributed by atoms with van der Waals surface area (Å²) in [6, 6.07) is 18.4. The summed E-state index contributed by atoms with van der Waals surface area (Å²) in [5.41, 5.74) is 5.85. The van der Waals surface area contributed by atoms with Crippen LogP contribution in [0.3, 0.4) is 0 Å². The molecule has 2 amide bonds. The highest BCUT2D eigenvalue weighted by Gasteiger charge is 2.21. The minimum atomic E-state index is -0.295. The van der Waals surface area contributed by atoms with Gasteiger partial charge < -0.3 is 39.1 Å². The molecule has 10 nitrogen and oxygen atoms in total. The van der Waals surface area contributed by atoms with Crippen LogP contribution < -0.4 is 39.1 Å². The number of aryl methyl sites for hydroxylation is 2. The Bertz CT molecular complexity index is 1620. The third kappa shape index (κ3) is 8.99. The Morgan fingerprint density at radius 1 is 0.460 bits per heavy atom. The highest BCUT2D eigenvalue weighted by molar-refractivity contribution is 6.06. The maximum Gasteiger partial charge on any atom is 0.255 e. The van der Waals surface area contributed by atoms with Gasteiger partial charge in [-0.1, -0.05) is 12.1 Å². The molecule has 0 saturated heterocycles. The molecule has 0 heterocycles. The third-order valence-corrected chi connectivity index (χ3v) is 7.63. The number of nitrogens with one attached hydrogen (secondary N) is 2. The van der Waals surface area contributed by atoms with Gasteiger partial charge in [-0.25, -0.2) is 0 Å². The Balaban J connectivity index is 1.53. The molecule has 0 aliphatic heterocycles. The average Bonchev–Trinajstić information content (AvgIpc) is 3.09. The van der Waals surface area contributed by atoms with Crippen molar-refractivity contribution in [2.45, 2.75) is 55.4 Å². The summed E-state index contributed by atoms with van der Waals surface area (Å²) in [7, 11) is 0. The molecule has 0 spiro atoms. The summed E-state index contributed by atoms with van der Waals surface area (Å²) in [6.45, 7) is 17.7. The number of ether oxygens (including phenoxy) is 6. The van der Waals surface area contributed by atoms with E-state index in [1.54, 1.807) is 24.3 Å². The van der Waals surface area contributed by atoms with E-state index in [0.29, 0.717) is 96.6 Å². The molecule has 0 bridgehead atoms. The molecular weight excluding hydrogens is 636 g/mol. The van der Waals surface area contributed by atoms with E-state index in [9.17, 15) is 9.59 Å². The number of hydrogen-bond acceptors (Lipinski definition) is 8. The van der Waals surface area contributed by atoms with E-state index in [1.807, 2.05) is 91.8 Å². The van der Waals surface area contributed by atoms with Gasteiger partial charge in [0.25, 0.3) is 11.8 Å². The van der Waals surface area contributed by atoms with Crippen molar-refractivity contribution in [1.82, 2.24) is 0 Å². The number of anilines is 2. The maximum absolute atomic E-state index is 13.4. The number of rotatable bonds is 17. The summed E-state index contributed by atoms with van der Waals surface area (Å²) in [6.07, 6.45) is 0. The van der Waals surface area contributed by atoms with Crippen molar-refractivity contribution >= 4 is 23.2 Å². The predicted molar refractivity (Wildman–Crippen MR) is 197 cm³/mol. The average molecular weight is 685 g/mol. The van der Waals surface area contributed by atoms with Crippen LogP contribution in [0.2, 0.25) is 0 Å². The highest BCUT2D eigenvalue weighted by atomic mass is 16.5. The second-order valence-electron chi connectivity index (χ2n) is 11.2. The van der Waals surface area contributed by atoms with Gasteiger partial charge in [-0.3, -0.25) is 9.59 Å². The van der Waals surface area contributed by atoms with Crippen molar-refractivity contribution < 1.29 is 38.0 Å². The van der Waals surface area contributed by atoms with Gasteiger partial charge >= 0.3 is 0 Å². The van der Waals surface area contributed by atoms with Crippen LogP contribution in [0.15, 0.2) is 60.7 Å². The van der Waals surface area contributed by atoms with Gasteiger partial charge in [-0.05, 0) is 126 Å². The molecule has 10 heteroatoms. The van der Waals surface area contributed by atoms with Crippen molar-refractivity contribution in [1.29, 1.82) is 0 Å². The smallest absolute Gasteiger partial charge is 0.255 e. The molecule has 0 atom stereocenters. The topological polar surface area (TPSA) is 114 Å². The van der Waals surface area contributed by atoms with Crippen LogP contribution in [0.25, 0.3) is 11.1 Å². The van der Waals surface area contributed by atoms with Gasteiger partial charge in [-0.2, -0.15) is 0 Å². The summed E-state index contributed by atoms with van der Waals surface area (Å²) >= 11 is 0. The summed E-state index contributed by atoms with van der Waals surface area (Å²) < 4.78 is 34.7. The van der Waals surface area contributed by atoms with Crippen molar-refractivity contribution in [3.63, 3.8) is 0 Å². The Morgan fingerprint density at radius 2 is 0.760 bits per heavy atom. The first-order chi connectivity index (χ1) is 24.2. The van der Waals surface area contributed by atoms with Crippen LogP contribution >= 0.6 is 0 Å². The van der Waals surface area contributed by atoms with E-state index in [4.69, 9.17) is 28.4 Å². The number of carbonyl (C=O) groups excluding carboxylic acids is 2. The second kappa shape index (κ2) is 17.9. The first kappa shape index (κ1) is 37.4. The Morgan fingerprint density at radius 3 is 1.02 bits per heavy atom. The number of carbonyl (C=O) groups is 2. The highest BCUT2D eigenvalue weighted by Crippen LogP contribution is 2.41. The number of benzene rings is 4. The fourth-order valence-corrected chi connectivity index (χ4v) is 5.40. The van der Waals surface area contributed by atoms with E-state index in [2.05, 4.69) is 10.6 Å². The van der Waals surface area contributed by atoms with Gasteiger partial charge in [0.1, 0.15) is 0 Å². The lowest BCUT2D eigenvalue weighted by atomic mass is 9.99. The molecule has 4 rings (SSSR count).